The lowest BCUT2D eigenvalue weighted by Crippen LogP contribution is -3.10. The second-order valence-electron chi connectivity index (χ2n) is 7.37. The van der Waals surface area contributed by atoms with Gasteiger partial charge in [-0.3, -0.25) is 9.59 Å². The summed E-state index contributed by atoms with van der Waals surface area (Å²) < 4.78 is 1.16. The fourth-order valence-corrected chi connectivity index (χ4v) is 4.40. The number of hydrogen-bond donors (Lipinski definition) is 2. The number of hydrogen-bond acceptors (Lipinski definition) is 4. The summed E-state index contributed by atoms with van der Waals surface area (Å²) in [5, 5.41) is 3.96. The zero-order chi connectivity index (χ0) is 21.7. The number of rotatable bonds is 8. The van der Waals surface area contributed by atoms with Gasteiger partial charge in [-0.2, -0.15) is 0 Å². The number of amides is 2. The van der Waals surface area contributed by atoms with E-state index in [0.717, 1.165) is 20.1 Å². The van der Waals surface area contributed by atoms with Crippen molar-refractivity contribution in [3.05, 3.63) is 59.1 Å². The molecule has 2 amide bonds. The number of quaternary nitrogens is 1. The first kappa shape index (κ1) is 21.9. The van der Waals surface area contributed by atoms with E-state index in [4.69, 9.17) is 4.98 Å². The first-order valence-electron chi connectivity index (χ1n) is 10.3. The van der Waals surface area contributed by atoms with Gasteiger partial charge in [-0.1, -0.05) is 12.1 Å². The summed E-state index contributed by atoms with van der Waals surface area (Å²) in [6.07, 6.45) is 0. The van der Waals surface area contributed by atoms with Crippen molar-refractivity contribution in [3.8, 4) is 0 Å². The molecule has 3 rings (SSSR count). The lowest BCUT2D eigenvalue weighted by molar-refractivity contribution is -0.902. The summed E-state index contributed by atoms with van der Waals surface area (Å²) in [6, 6.07) is 15.3. The number of nitrogens with one attached hydrogen (secondary N) is 2. The maximum Gasteiger partial charge on any atom is 0.279 e. The number of carbonyl (C=O) groups is 2. The van der Waals surface area contributed by atoms with Gasteiger partial charge in [-0.15, -0.1) is 11.3 Å². The SMILES string of the molecule is CCN(CC)C(=O)c1ccc(NC(=O)C[NH+](C)[C@@H](C)c2nc3ccccc3s2)cc1. The van der Waals surface area contributed by atoms with Crippen LogP contribution in [0.3, 0.4) is 0 Å². The monoisotopic (exact) mass is 425 g/mol. The molecule has 0 aliphatic heterocycles. The Morgan fingerprint density at radius 1 is 1.10 bits per heavy atom. The molecule has 3 aromatic rings. The summed E-state index contributed by atoms with van der Waals surface area (Å²) >= 11 is 1.68. The zero-order valence-electron chi connectivity index (χ0n) is 17.9. The number of aromatic nitrogens is 1. The highest BCUT2D eigenvalue weighted by Crippen LogP contribution is 2.24. The molecule has 0 saturated heterocycles. The third-order valence-electron chi connectivity index (χ3n) is 5.33. The van der Waals surface area contributed by atoms with Gasteiger partial charge in [-0.05, 0) is 57.2 Å². The first-order valence-corrected chi connectivity index (χ1v) is 11.1. The molecule has 0 bridgehead atoms. The summed E-state index contributed by atoms with van der Waals surface area (Å²) in [4.78, 5) is 32.5. The van der Waals surface area contributed by atoms with Gasteiger partial charge >= 0.3 is 0 Å². The smallest absolute Gasteiger partial charge is 0.279 e. The lowest BCUT2D eigenvalue weighted by Gasteiger charge is -2.20. The average molecular weight is 426 g/mol. The Hall–Kier alpha value is -2.77. The van der Waals surface area contributed by atoms with Gasteiger partial charge in [0.2, 0.25) is 0 Å². The number of thiazole rings is 1. The molecule has 30 heavy (non-hydrogen) atoms. The molecule has 0 saturated carbocycles. The molecule has 6 nitrogen and oxygen atoms in total. The van der Waals surface area contributed by atoms with Crippen LogP contribution >= 0.6 is 11.3 Å². The van der Waals surface area contributed by atoms with E-state index in [2.05, 4.69) is 18.3 Å². The minimum absolute atomic E-state index is 0.00622. The molecule has 0 aliphatic rings. The predicted octanol–water partition coefficient (Wildman–Crippen LogP) is 2.99. The third-order valence-corrected chi connectivity index (χ3v) is 6.54. The van der Waals surface area contributed by atoms with Gasteiger partial charge in [0.15, 0.2) is 11.6 Å². The van der Waals surface area contributed by atoms with Gasteiger partial charge in [-0.25, -0.2) is 4.98 Å². The topological polar surface area (TPSA) is 66.7 Å². The number of nitrogens with zero attached hydrogens (tertiary/aromatic N) is 2. The Labute approximate surface area is 181 Å². The minimum atomic E-state index is -0.0664. The Balaban J connectivity index is 1.58. The van der Waals surface area contributed by atoms with Crippen molar-refractivity contribution < 1.29 is 14.5 Å². The van der Waals surface area contributed by atoms with Crippen LogP contribution in [0.1, 0.15) is 42.2 Å². The molecule has 1 heterocycles. The van der Waals surface area contributed by atoms with Crippen LogP contribution in [-0.2, 0) is 4.79 Å². The van der Waals surface area contributed by atoms with Crippen LogP contribution in [0.15, 0.2) is 48.5 Å². The van der Waals surface area contributed by atoms with E-state index in [1.54, 1.807) is 40.5 Å². The summed E-state index contributed by atoms with van der Waals surface area (Å²) in [5.41, 5.74) is 2.32. The molecule has 7 heteroatoms. The van der Waals surface area contributed by atoms with Crippen molar-refractivity contribution >= 4 is 39.1 Å². The van der Waals surface area contributed by atoms with Crippen LogP contribution in [0.4, 0.5) is 5.69 Å². The van der Waals surface area contributed by atoms with Crippen molar-refractivity contribution in [1.82, 2.24) is 9.88 Å². The quantitative estimate of drug-likeness (QED) is 0.583. The van der Waals surface area contributed by atoms with Gasteiger partial charge < -0.3 is 15.1 Å². The number of fused-ring (bicyclic) bond motifs is 1. The molecule has 0 fully saturated rings. The van der Waals surface area contributed by atoms with Crippen LogP contribution in [0.25, 0.3) is 10.2 Å². The van der Waals surface area contributed by atoms with E-state index in [1.165, 1.54) is 0 Å². The van der Waals surface area contributed by atoms with Gasteiger partial charge in [0.05, 0.1) is 17.3 Å². The Kier molecular flexibility index (Phi) is 7.18. The van der Waals surface area contributed by atoms with Crippen molar-refractivity contribution in [2.45, 2.75) is 26.8 Å². The average Bonchev–Trinajstić information content (AvgIpc) is 3.18. The maximum atomic E-state index is 12.5. The van der Waals surface area contributed by atoms with Crippen molar-refractivity contribution in [3.63, 3.8) is 0 Å². The Morgan fingerprint density at radius 3 is 2.40 bits per heavy atom. The predicted molar refractivity (Wildman–Crippen MR) is 122 cm³/mol. The molecule has 0 radical (unpaired) electrons. The molecular formula is C23H29N4O2S+. The molecule has 1 unspecified atom stereocenters. The van der Waals surface area contributed by atoms with Gasteiger partial charge in [0, 0.05) is 24.3 Å². The fraction of sp³-hybridized carbons (Fsp3) is 0.348. The van der Waals surface area contributed by atoms with Gasteiger partial charge in [0.25, 0.3) is 11.8 Å². The molecule has 0 spiro atoms. The molecule has 2 N–H and O–H groups in total. The van der Waals surface area contributed by atoms with Crippen LogP contribution in [0.5, 0.6) is 0 Å². The first-order chi connectivity index (χ1) is 14.4. The van der Waals surface area contributed by atoms with E-state index in [-0.39, 0.29) is 17.9 Å². The van der Waals surface area contributed by atoms with Crippen molar-refractivity contribution in [2.75, 3.05) is 32.0 Å². The van der Waals surface area contributed by atoms with Crippen LogP contribution < -0.4 is 10.2 Å². The van der Waals surface area contributed by atoms with Crippen LogP contribution in [0.2, 0.25) is 0 Å². The molecule has 158 valence electrons. The highest BCUT2D eigenvalue weighted by atomic mass is 32.1. The largest absolute Gasteiger partial charge is 0.339 e. The van der Waals surface area contributed by atoms with E-state index in [1.807, 2.05) is 39.1 Å². The second kappa shape index (κ2) is 9.82. The summed E-state index contributed by atoms with van der Waals surface area (Å²) in [5.74, 6) is -0.0602. The normalized spacial score (nSPS) is 13.1. The molecule has 0 aliphatic carbocycles. The highest BCUT2D eigenvalue weighted by Gasteiger charge is 2.22. The van der Waals surface area contributed by atoms with Gasteiger partial charge in [0.1, 0.15) is 6.04 Å². The summed E-state index contributed by atoms with van der Waals surface area (Å²) in [6.45, 7) is 7.70. The molecule has 2 aromatic carbocycles. The molecular weight excluding hydrogens is 396 g/mol. The van der Waals surface area contributed by atoms with E-state index in [9.17, 15) is 9.59 Å². The maximum absolute atomic E-state index is 12.5. The van der Waals surface area contributed by atoms with E-state index < -0.39 is 0 Å². The van der Waals surface area contributed by atoms with Crippen LogP contribution in [0, 0.1) is 0 Å². The van der Waals surface area contributed by atoms with Crippen molar-refractivity contribution in [2.24, 2.45) is 0 Å². The number of benzene rings is 2. The number of likely N-dealkylation sites (N-methyl/N-ethyl adjacent to an activating group) is 1. The lowest BCUT2D eigenvalue weighted by atomic mass is 10.1. The van der Waals surface area contributed by atoms with E-state index in [0.29, 0.717) is 30.9 Å². The number of para-hydroxylation sites is 1. The minimum Gasteiger partial charge on any atom is -0.339 e. The third kappa shape index (κ3) is 5.04. The number of carbonyl (C=O) groups excluding carboxylic acids is 2. The molecule has 1 aromatic heterocycles. The zero-order valence-corrected chi connectivity index (χ0v) is 18.8. The van der Waals surface area contributed by atoms with Crippen molar-refractivity contribution in [1.29, 1.82) is 0 Å². The standard InChI is InChI=1S/C23H28N4O2S/c1-5-27(6-2)23(29)17-11-13-18(14-12-17)24-21(28)15-26(4)16(3)22-25-19-9-7-8-10-20(19)30-22/h7-14,16H,5-6,15H2,1-4H3,(H,24,28)/p+1/t16-/m0/s1. The van der Waals surface area contributed by atoms with Crippen LogP contribution in [-0.4, -0.2) is 48.4 Å². The van der Waals surface area contributed by atoms with E-state index >= 15 is 0 Å². The fourth-order valence-electron chi connectivity index (χ4n) is 3.29. The Morgan fingerprint density at radius 2 is 1.77 bits per heavy atom. The molecule has 2 atom stereocenters. The summed E-state index contributed by atoms with van der Waals surface area (Å²) in [7, 11) is 2.00. The second-order valence-corrected chi connectivity index (χ2v) is 8.43. The highest BCUT2D eigenvalue weighted by molar-refractivity contribution is 7.18. The Bertz CT molecular complexity index is 978. The number of anilines is 1.